The second-order valence-corrected chi connectivity index (χ2v) is 14.9. The molecule has 0 saturated heterocycles. The molecule has 0 spiro atoms. The summed E-state index contributed by atoms with van der Waals surface area (Å²) in [4.78, 5) is 19.4. The average molecular weight is 505 g/mol. The number of phenolic OH excluding ortho intramolecular Hbond substituents is 1. The van der Waals surface area contributed by atoms with Gasteiger partial charge in [0.25, 0.3) is 0 Å². The molecule has 0 aliphatic heterocycles. The Morgan fingerprint density at radius 1 is 0.657 bits per heavy atom. The van der Waals surface area contributed by atoms with E-state index in [1.54, 1.807) is 12.1 Å². The lowest BCUT2D eigenvalue weighted by Gasteiger charge is -2.35. The highest BCUT2D eigenvalue weighted by Gasteiger charge is 2.34. The molecule has 0 unspecified atom stereocenters. The van der Waals surface area contributed by atoms with Crippen molar-refractivity contribution in [3.05, 3.63) is 57.6 Å². The van der Waals surface area contributed by atoms with Crippen LogP contribution < -0.4 is 4.52 Å². The summed E-state index contributed by atoms with van der Waals surface area (Å²) in [7, 11) is -4.80. The zero-order valence-corrected chi connectivity index (χ0v) is 24.5. The maximum Gasteiger partial charge on any atom is 0.524 e. The van der Waals surface area contributed by atoms with Gasteiger partial charge in [0.05, 0.1) is 0 Å². The number of phosphoric ester groups is 1. The summed E-state index contributed by atoms with van der Waals surface area (Å²) in [5.74, 6) is 0.322. The smallest absolute Gasteiger partial charge is 0.508 e. The third kappa shape index (κ3) is 6.90. The van der Waals surface area contributed by atoms with Gasteiger partial charge in [0, 0.05) is 17.5 Å². The predicted octanol–water partition coefficient (Wildman–Crippen LogP) is 7.64. The van der Waals surface area contributed by atoms with Gasteiger partial charge in [-0.15, -0.1) is 0 Å². The molecule has 0 aliphatic rings. The number of phenols is 1. The molecule has 6 heteroatoms. The van der Waals surface area contributed by atoms with E-state index in [1.165, 1.54) is 0 Å². The molecule has 35 heavy (non-hydrogen) atoms. The third-order valence-electron chi connectivity index (χ3n) is 6.24. The van der Waals surface area contributed by atoms with Gasteiger partial charge in [-0.05, 0) is 56.0 Å². The topological polar surface area (TPSA) is 87.0 Å². The highest BCUT2D eigenvalue weighted by Crippen LogP contribution is 2.48. The summed E-state index contributed by atoms with van der Waals surface area (Å²) in [5, 5.41) is 11.2. The van der Waals surface area contributed by atoms with Crippen molar-refractivity contribution < 1.29 is 24.0 Å². The minimum Gasteiger partial charge on any atom is -0.508 e. The molecule has 5 nitrogen and oxygen atoms in total. The molecule has 0 atom stereocenters. The van der Waals surface area contributed by atoms with Gasteiger partial charge in [0.15, 0.2) is 0 Å². The summed E-state index contributed by atoms with van der Waals surface area (Å²) >= 11 is 0. The normalized spacial score (nSPS) is 13.8. The summed E-state index contributed by atoms with van der Waals surface area (Å²) < 4.78 is 17.2. The third-order valence-corrected chi connectivity index (χ3v) is 6.68. The molecule has 2 rings (SSSR count). The Balaban J connectivity index is 3.05. The van der Waals surface area contributed by atoms with E-state index in [9.17, 15) is 19.5 Å². The van der Waals surface area contributed by atoms with Gasteiger partial charge in [-0.3, -0.25) is 9.79 Å². The number of rotatable bonds is 4. The molecule has 3 N–H and O–H groups in total. The van der Waals surface area contributed by atoms with Gasteiger partial charge in [-0.25, -0.2) is 4.57 Å². The molecule has 2 aromatic carbocycles. The van der Waals surface area contributed by atoms with Crippen LogP contribution in [0.5, 0.6) is 11.5 Å². The van der Waals surface area contributed by atoms with Crippen molar-refractivity contribution in [3.8, 4) is 11.5 Å². The Morgan fingerprint density at radius 2 is 1.06 bits per heavy atom. The molecule has 0 aliphatic carbocycles. The molecule has 0 radical (unpaired) electrons. The molecule has 0 amide bonds. The van der Waals surface area contributed by atoms with Crippen molar-refractivity contribution in [2.75, 3.05) is 0 Å². The van der Waals surface area contributed by atoms with Crippen LogP contribution in [0.1, 0.15) is 116 Å². The van der Waals surface area contributed by atoms with Crippen molar-refractivity contribution in [1.29, 1.82) is 0 Å². The maximum absolute atomic E-state index is 11.9. The molecule has 0 fully saturated rings. The highest BCUT2D eigenvalue weighted by atomic mass is 31.2. The van der Waals surface area contributed by atoms with Crippen molar-refractivity contribution >= 4 is 7.82 Å². The van der Waals surface area contributed by atoms with Crippen LogP contribution in [-0.4, -0.2) is 14.9 Å². The van der Waals surface area contributed by atoms with Gasteiger partial charge in [-0.1, -0.05) is 95.2 Å². The molecule has 196 valence electrons. The molecular weight excluding hydrogens is 459 g/mol. The fourth-order valence-corrected chi connectivity index (χ4v) is 5.40. The van der Waals surface area contributed by atoms with Gasteiger partial charge >= 0.3 is 7.82 Å². The van der Waals surface area contributed by atoms with Gasteiger partial charge in [-0.2, -0.15) is 0 Å². The first-order valence-electron chi connectivity index (χ1n) is 12.2. The zero-order chi connectivity index (χ0) is 27.4. The monoisotopic (exact) mass is 504 g/mol. The van der Waals surface area contributed by atoms with E-state index in [-0.39, 0.29) is 39.6 Å². The predicted molar refractivity (Wildman–Crippen MR) is 145 cm³/mol. The second kappa shape index (κ2) is 9.25. The number of phosphoric acid groups is 1. The van der Waals surface area contributed by atoms with E-state index in [4.69, 9.17) is 4.52 Å². The maximum atomic E-state index is 11.9. The SMILES string of the molecule is CC(C)(C)c1ccc(O)c(Cc2c(OP(=O)(O)O)ccc(C(C)(C)C)c2C(C)(C)C)c1C(C)(C)C. The van der Waals surface area contributed by atoms with Gasteiger partial charge in [0.2, 0.25) is 0 Å². The van der Waals surface area contributed by atoms with E-state index >= 15 is 0 Å². The molecular formula is C29H45O5P. The van der Waals surface area contributed by atoms with Crippen LogP contribution in [0.3, 0.4) is 0 Å². The molecule has 0 heterocycles. The number of hydrogen-bond donors (Lipinski definition) is 3. The van der Waals surface area contributed by atoms with E-state index in [2.05, 4.69) is 83.1 Å². The minimum absolute atomic E-state index is 0.150. The Kier molecular flexibility index (Phi) is 7.77. The summed E-state index contributed by atoms with van der Waals surface area (Å²) in [6.07, 6.45) is 0.286. The van der Waals surface area contributed by atoms with Crippen LogP contribution >= 0.6 is 7.82 Å². The zero-order valence-electron chi connectivity index (χ0n) is 23.6. The summed E-state index contributed by atoms with van der Waals surface area (Å²) in [6.45, 7) is 25.5. The highest BCUT2D eigenvalue weighted by molar-refractivity contribution is 7.46. The van der Waals surface area contributed by atoms with Crippen LogP contribution in [0.25, 0.3) is 0 Å². The fraction of sp³-hybridized carbons (Fsp3) is 0.586. The molecule has 0 aromatic heterocycles. The standard InChI is InChI=1S/C29H45O5P/c1-26(2,3)20-13-15-22(30)18(24(20)28(7,8)9)17-19-23(34-35(31,32)33)16-14-21(27(4,5)6)25(19)29(10,11)12/h13-16,30H,17H2,1-12H3,(H2,31,32,33). The molecule has 0 saturated carbocycles. The Bertz CT molecular complexity index is 1130. The molecule has 0 bridgehead atoms. The minimum atomic E-state index is -4.80. The van der Waals surface area contributed by atoms with E-state index in [1.807, 2.05) is 12.1 Å². The largest absolute Gasteiger partial charge is 0.524 e. The van der Waals surface area contributed by atoms with Gasteiger partial charge < -0.3 is 9.63 Å². The van der Waals surface area contributed by atoms with Crippen LogP contribution in [0.15, 0.2) is 24.3 Å². The van der Waals surface area contributed by atoms with Crippen molar-refractivity contribution in [2.24, 2.45) is 0 Å². The first kappa shape index (κ1) is 29.4. The lowest BCUT2D eigenvalue weighted by Crippen LogP contribution is -2.26. The quantitative estimate of drug-likeness (QED) is 0.372. The van der Waals surface area contributed by atoms with Crippen LogP contribution in [0.2, 0.25) is 0 Å². The Morgan fingerprint density at radius 3 is 1.43 bits per heavy atom. The summed E-state index contributed by atoms with van der Waals surface area (Å²) in [5.41, 5.74) is 4.73. The Labute approximate surface area is 212 Å². The number of benzene rings is 2. The van der Waals surface area contributed by atoms with Crippen LogP contribution in [-0.2, 0) is 32.6 Å². The van der Waals surface area contributed by atoms with Crippen LogP contribution in [0.4, 0.5) is 0 Å². The summed E-state index contributed by atoms with van der Waals surface area (Å²) in [6, 6.07) is 7.29. The first-order valence-corrected chi connectivity index (χ1v) is 13.8. The number of aromatic hydroxyl groups is 1. The van der Waals surface area contributed by atoms with E-state index < -0.39 is 7.82 Å². The lowest BCUT2D eigenvalue weighted by atomic mass is 9.69. The fourth-order valence-electron chi connectivity index (χ4n) is 4.97. The van der Waals surface area contributed by atoms with Crippen molar-refractivity contribution in [2.45, 2.75) is 111 Å². The van der Waals surface area contributed by atoms with Crippen molar-refractivity contribution in [3.63, 3.8) is 0 Å². The lowest BCUT2D eigenvalue weighted by molar-refractivity contribution is 0.282. The average Bonchev–Trinajstić information content (AvgIpc) is 2.59. The molecule has 2 aromatic rings. The number of hydrogen-bond acceptors (Lipinski definition) is 3. The van der Waals surface area contributed by atoms with Crippen molar-refractivity contribution in [1.82, 2.24) is 0 Å². The van der Waals surface area contributed by atoms with E-state index in [0.29, 0.717) is 5.56 Å². The Hall–Kier alpha value is -1.81. The second-order valence-electron chi connectivity index (χ2n) is 13.7. The first-order chi connectivity index (χ1) is 15.4. The van der Waals surface area contributed by atoms with E-state index in [0.717, 1.165) is 27.8 Å². The van der Waals surface area contributed by atoms with Crippen LogP contribution in [0, 0.1) is 0 Å². The van der Waals surface area contributed by atoms with Gasteiger partial charge in [0.1, 0.15) is 11.5 Å².